The number of hydrogen-bond donors (Lipinski definition) is 0. The molecule has 1 atom stereocenters. The number of rotatable bonds is 5. The third kappa shape index (κ3) is 3.18. The summed E-state index contributed by atoms with van der Waals surface area (Å²) < 4.78 is 15.4. The summed E-state index contributed by atoms with van der Waals surface area (Å²) in [5.41, 5.74) is 0.694. The maximum absolute atomic E-state index is 12.1. The van der Waals surface area contributed by atoms with Crippen LogP contribution in [0.2, 0.25) is 5.02 Å². The molecule has 0 spiro atoms. The van der Waals surface area contributed by atoms with Crippen LogP contribution in [0.5, 0.6) is 0 Å². The van der Waals surface area contributed by atoms with Gasteiger partial charge in [-0.15, -0.1) is 0 Å². The van der Waals surface area contributed by atoms with E-state index < -0.39 is 5.97 Å². The summed E-state index contributed by atoms with van der Waals surface area (Å²) in [5, 5.41) is 0.475. The van der Waals surface area contributed by atoms with Crippen LogP contribution in [0.25, 0.3) is 11.3 Å². The van der Waals surface area contributed by atoms with Crippen molar-refractivity contribution < 1.29 is 18.7 Å². The SMILES string of the molecule is COC[C@@H](C)OC(=O)c1ncoc1-c1ccccc1Cl. The molecule has 0 saturated carbocycles. The van der Waals surface area contributed by atoms with E-state index in [1.807, 2.05) is 0 Å². The molecule has 6 heteroatoms. The lowest BCUT2D eigenvalue weighted by molar-refractivity contribution is 0.0115. The molecule has 0 aliphatic heterocycles. The van der Waals surface area contributed by atoms with Gasteiger partial charge in [-0.2, -0.15) is 0 Å². The van der Waals surface area contributed by atoms with E-state index >= 15 is 0 Å². The van der Waals surface area contributed by atoms with E-state index in [-0.39, 0.29) is 11.8 Å². The lowest BCUT2D eigenvalue weighted by Gasteiger charge is -2.11. The molecule has 106 valence electrons. The van der Waals surface area contributed by atoms with Gasteiger partial charge in [0.25, 0.3) is 0 Å². The molecule has 0 unspecified atom stereocenters. The van der Waals surface area contributed by atoms with Gasteiger partial charge in [0.2, 0.25) is 0 Å². The normalized spacial score (nSPS) is 12.2. The Morgan fingerprint density at radius 3 is 2.90 bits per heavy atom. The molecular weight excluding hydrogens is 282 g/mol. The monoisotopic (exact) mass is 295 g/mol. The van der Waals surface area contributed by atoms with Crippen molar-refractivity contribution in [2.45, 2.75) is 13.0 Å². The minimum absolute atomic E-state index is 0.0982. The standard InChI is InChI=1S/C14H14ClNO4/c1-9(7-18-2)20-14(17)12-13(19-8-16-12)10-5-3-4-6-11(10)15/h3-6,8-9H,7H2,1-2H3/t9-/m1/s1. The van der Waals surface area contributed by atoms with Gasteiger partial charge in [0.1, 0.15) is 6.10 Å². The third-order valence-electron chi connectivity index (χ3n) is 2.59. The lowest BCUT2D eigenvalue weighted by atomic mass is 10.1. The number of halogens is 1. The molecule has 0 radical (unpaired) electrons. The molecule has 0 aliphatic rings. The molecular formula is C14H14ClNO4. The highest BCUT2D eigenvalue weighted by Gasteiger charge is 2.22. The molecule has 0 N–H and O–H groups in total. The van der Waals surface area contributed by atoms with Crippen molar-refractivity contribution in [2.75, 3.05) is 13.7 Å². The number of oxazole rings is 1. The van der Waals surface area contributed by atoms with Gasteiger partial charge >= 0.3 is 5.97 Å². The van der Waals surface area contributed by atoms with Gasteiger partial charge in [-0.1, -0.05) is 23.7 Å². The fraction of sp³-hybridized carbons (Fsp3) is 0.286. The number of aromatic nitrogens is 1. The average Bonchev–Trinajstić information content (AvgIpc) is 2.88. The van der Waals surface area contributed by atoms with E-state index in [4.69, 9.17) is 25.5 Å². The number of esters is 1. The van der Waals surface area contributed by atoms with Crippen LogP contribution in [0.3, 0.4) is 0 Å². The number of benzene rings is 1. The van der Waals surface area contributed by atoms with E-state index in [1.54, 1.807) is 31.2 Å². The topological polar surface area (TPSA) is 61.6 Å². The van der Waals surface area contributed by atoms with Crippen molar-refractivity contribution in [2.24, 2.45) is 0 Å². The summed E-state index contributed by atoms with van der Waals surface area (Å²) in [4.78, 5) is 16.0. The minimum Gasteiger partial charge on any atom is -0.455 e. The van der Waals surface area contributed by atoms with Gasteiger partial charge in [-0.05, 0) is 19.1 Å². The highest BCUT2D eigenvalue weighted by atomic mass is 35.5. The van der Waals surface area contributed by atoms with Crippen LogP contribution in [0.1, 0.15) is 17.4 Å². The molecule has 1 aromatic heterocycles. The van der Waals surface area contributed by atoms with Crippen molar-refractivity contribution >= 4 is 17.6 Å². The number of methoxy groups -OCH3 is 1. The average molecular weight is 296 g/mol. The Balaban J connectivity index is 2.25. The first kappa shape index (κ1) is 14.6. The molecule has 0 fully saturated rings. The molecule has 5 nitrogen and oxygen atoms in total. The fourth-order valence-electron chi connectivity index (χ4n) is 1.74. The van der Waals surface area contributed by atoms with Crippen molar-refractivity contribution in [3.63, 3.8) is 0 Å². The summed E-state index contributed by atoms with van der Waals surface area (Å²) in [6, 6.07) is 7.05. The minimum atomic E-state index is -0.571. The van der Waals surface area contributed by atoms with Gasteiger partial charge in [0.15, 0.2) is 17.8 Å². The van der Waals surface area contributed by atoms with Crippen LogP contribution in [0.4, 0.5) is 0 Å². The van der Waals surface area contributed by atoms with E-state index in [1.165, 1.54) is 13.5 Å². The Hall–Kier alpha value is -1.85. The maximum atomic E-state index is 12.1. The Bertz CT molecular complexity index is 596. The quantitative estimate of drug-likeness (QED) is 0.793. The number of nitrogens with zero attached hydrogens (tertiary/aromatic N) is 1. The molecule has 0 amide bonds. The second kappa shape index (κ2) is 6.54. The number of ether oxygens (including phenoxy) is 2. The third-order valence-corrected chi connectivity index (χ3v) is 2.92. The first-order valence-corrected chi connectivity index (χ1v) is 6.39. The van der Waals surface area contributed by atoms with Crippen LogP contribution in [-0.4, -0.2) is 30.8 Å². The van der Waals surface area contributed by atoms with E-state index in [2.05, 4.69) is 4.98 Å². The summed E-state index contributed by atoms with van der Waals surface area (Å²) in [6.07, 6.45) is 0.819. The van der Waals surface area contributed by atoms with Crippen molar-refractivity contribution in [3.8, 4) is 11.3 Å². The summed E-state index contributed by atoms with van der Waals surface area (Å²) in [6.45, 7) is 2.04. The molecule has 0 saturated heterocycles. The highest BCUT2D eigenvalue weighted by Crippen LogP contribution is 2.30. The first-order chi connectivity index (χ1) is 9.63. The Morgan fingerprint density at radius 2 is 2.20 bits per heavy atom. The number of carbonyl (C=O) groups is 1. The van der Waals surface area contributed by atoms with E-state index in [0.717, 1.165) is 0 Å². The van der Waals surface area contributed by atoms with Crippen LogP contribution >= 0.6 is 11.6 Å². The highest BCUT2D eigenvalue weighted by molar-refractivity contribution is 6.33. The summed E-state index contributed by atoms with van der Waals surface area (Å²) in [7, 11) is 1.54. The smallest absolute Gasteiger partial charge is 0.361 e. The molecule has 1 heterocycles. The van der Waals surface area contributed by atoms with Gasteiger partial charge in [0, 0.05) is 12.7 Å². The van der Waals surface area contributed by atoms with Crippen molar-refractivity contribution in [3.05, 3.63) is 41.4 Å². The van der Waals surface area contributed by atoms with E-state index in [0.29, 0.717) is 23.0 Å². The number of carbonyl (C=O) groups excluding carboxylic acids is 1. The predicted molar refractivity (Wildman–Crippen MR) is 73.7 cm³/mol. The zero-order chi connectivity index (χ0) is 14.5. The Labute approximate surface area is 121 Å². The van der Waals surface area contributed by atoms with Gasteiger partial charge < -0.3 is 13.9 Å². The van der Waals surface area contributed by atoms with Crippen LogP contribution in [0, 0.1) is 0 Å². The predicted octanol–water partition coefficient (Wildman–Crippen LogP) is 3.19. The summed E-state index contributed by atoms with van der Waals surface area (Å²) in [5.74, 6) is -0.275. The lowest BCUT2D eigenvalue weighted by Crippen LogP contribution is -2.20. The molecule has 1 aromatic carbocycles. The van der Waals surface area contributed by atoms with Gasteiger partial charge in [0.05, 0.1) is 11.6 Å². The Kier molecular flexibility index (Phi) is 4.76. The second-order valence-electron chi connectivity index (χ2n) is 4.18. The zero-order valence-electron chi connectivity index (χ0n) is 11.1. The van der Waals surface area contributed by atoms with Crippen LogP contribution < -0.4 is 0 Å². The molecule has 0 aliphatic carbocycles. The van der Waals surface area contributed by atoms with Crippen LogP contribution in [-0.2, 0) is 9.47 Å². The van der Waals surface area contributed by atoms with Crippen molar-refractivity contribution in [1.29, 1.82) is 0 Å². The molecule has 2 aromatic rings. The molecule has 2 rings (SSSR count). The van der Waals surface area contributed by atoms with Crippen LogP contribution in [0.15, 0.2) is 35.1 Å². The zero-order valence-corrected chi connectivity index (χ0v) is 11.9. The first-order valence-electron chi connectivity index (χ1n) is 6.01. The largest absolute Gasteiger partial charge is 0.455 e. The van der Waals surface area contributed by atoms with Gasteiger partial charge in [-0.3, -0.25) is 0 Å². The van der Waals surface area contributed by atoms with Gasteiger partial charge in [-0.25, -0.2) is 9.78 Å². The fourth-order valence-corrected chi connectivity index (χ4v) is 1.96. The second-order valence-corrected chi connectivity index (χ2v) is 4.59. The Morgan fingerprint density at radius 1 is 1.45 bits per heavy atom. The molecule has 0 bridgehead atoms. The maximum Gasteiger partial charge on any atom is 0.361 e. The van der Waals surface area contributed by atoms with E-state index in [9.17, 15) is 4.79 Å². The van der Waals surface area contributed by atoms with Crippen molar-refractivity contribution in [1.82, 2.24) is 4.98 Å². The summed E-state index contributed by atoms with van der Waals surface area (Å²) >= 11 is 6.09. The molecule has 20 heavy (non-hydrogen) atoms. The number of hydrogen-bond acceptors (Lipinski definition) is 5.